The van der Waals surface area contributed by atoms with E-state index in [4.69, 9.17) is 14.2 Å². The fourth-order valence-electron chi connectivity index (χ4n) is 4.29. The van der Waals surface area contributed by atoms with Crippen molar-refractivity contribution in [1.82, 2.24) is 5.32 Å². The molecule has 0 spiro atoms. The second kappa shape index (κ2) is 13.0. The highest BCUT2D eigenvalue weighted by Gasteiger charge is 2.15. The van der Waals surface area contributed by atoms with Gasteiger partial charge in [-0.05, 0) is 64.2 Å². The normalized spacial score (nSPS) is 10.9. The molecule has 0 aliphatic heterocycles. The number of allylic oxidation sites excluding steroid dienone is 1. The highest BCUT2D eigenvalue weighted by Crippen LogP contribution is 2.35. The molecular formula is C33H30N2O4. The molecule has 0 saturated carbocycles. The van der Waals surface area contributed by atoms with Crippen LogP contribution in [0.3, 0.4) is 0 Å². The summed E-state index contributed by atoms with van der Waals surface area (Å²) < 4.78 is 17.1. The summed E-state index contributed by atoms with van der Waals surface area (Å²) in [6, 6.07) is 27.3. The van der Waals surface area contributed by atoms with Gasteiger partial charge >= 0.3 is 0 Å². The molecule has 0 saturated heterocycles. The Kier molecular flexibility index (Phi) is 8.99. The van der Waals surface area contributed by atoms with E-state index in [2.05, 4.69) is 30.1 Å². The maximum absolute atomic E-state index is 12.8. The Labute approximate surface area is 228 Å². The van der Waals surface area contributed by atoms with Crippen molar-refractivity contribution in [3.63, 3.8) is 0 Å². The van der Waals surface area contributed by atoms with E-state index in [0.717, 1.165) is 33.2 Å². The van der Waals surface area contributed by atoms with Crippen molar-refractivity contribution in [2.75, 3.05) is 14.2 Å². The minimum Gasteiger partial charge on any atom is -0.497 e. The number of fused-ring (bicyclic) bond motifs is 1. The monoisotopic (exact) mass is 518 g/mol. The van der Waals surface area contributed by atoms with Crippen molar-refractivity contribution in [3.05, 3.63) is 119 Å². The van der Waals surface area contributed by atoms with E-state index in [0.29, 0.717) is 30.1 Å². The summed E-state index contributed by atoms with van der Waals surface area (Å²) in [5.41, 5.74) is 3.43. The molecule has 1 N–H and O–H groups in total. The molecular weight excluding hydrogens is 488 g/mol. The Hall–Kier alpha value is -5.02. The van der Waals surface area contributed by atoms with Crippen LogP contribution in [0, 0.1) is 11.3 Å². The van der Waals surface area contributed by atoms with Crippen molar-refractivity contribution in [1.29, 1.82) is 5.26 Å². The molecule has 0 fully saturated rings. The molecule has 4 aromatic carbocycles. The lowest BCUT2D eigenvalue weighted by Crippen LogP contribution is -2.23. The molecule has 0 aromatic heterocycles. The smallest absolute Gasteiger partial charge is 0.262 e. The van der Waals surface area contributed by atoms with Crippen molar-refractivity contribution < 1.29 is 19.0 Å². The number of nitriles is 1. The van der Waals surface area contributed by atoms with E-state index < -0.39 is 5.91 Å². The van der Waals surface area contributed by atoms with Gasteiger partial charge in [-0.3, -0.25) is 4.79 Å². The zero-order valence-electron chi connectivity index (χ0n) is 22.1. The molecule has 1 amide bonds. The zero-order chi connectivity index (χ0) is 27.6. The number of rotatable bonds is 11. The Balaban J connectivity index is 1.56. The van der Waals surface area contributed by atoms with Crippen molar-refractivity contribution in [3.8, 4) is 23.3 Å². The Bertz CT molecular complexity index is 1540. The van der Waals surface area contributed by atoms with E-state index in [1.165, 1.54) is 0 Å². The average Bonchev–Trinajstić information content (AvgIpc) is 2.98. The average molecular weight is 519 g/mol. The fraction of sp³-hybridized carbons (Fsp3) is 0.152. The molecule has 0 unspecified atom stereocenters. The Morgan fingerprint density at radius 3 is 2.46 bits per heavy atom. The molecule has 6 heteroatoms. The standard InChI is InChI=1S/C33H30N2O4/c1-4-8-26-17-24(18-28(20-34)33(36)35-21-23-13-15-29(37-2)16-14-23)19-31(38-3)32(26)39-22-27-11-7-10-25-9-5-6-12-30(25)27/h4-7,9-19H,1,8,21-22H2,2-3H3,(H,35,36)/b28-18-. The predicted octanol–water partition coefficient (Wildman–Crippen LogP) is 6.39. The molecule has 6 nitrogen and oxygen atoms in total. The van der Waals surface area contributed by atoms with Gasteiger partial charge < -0.3 is 19.5 Å². The van der Waals surface area contributed by atoms with Gasteiger partial charge in [0.05, 0.1) is 14.2 Å². The van der Waals surface area contributed by atoms with Crippen LogP contribution in [0.1, 0.15) is 22.3 Å². The Morgan fingerprint density at radius 2 is 1.74 bits per heavy atom. The summed E-state index contributed by atoms with van der Waals surface area (Å²) in [5.74, 6) is 1.38. The van der Waals surface area contributed by atoms with Crippen molar-refractivity contribution in [2.24, 2.45) is 0 Å². The second-order valence-electron chi connectivity index (χ2n) is 8.83. The molecule has 4 rings (SSSR count). The van der Waals surface area contributed by atoms with Crippen molar-refractivity contribution >= 4 is 22.8 Å². The summed E-state index contributed by atoms with van der Waals surface area (Å²) in [6.07, 6.45) is 3.85. The van der Waals surface area contributed by atoms with Crippen LogP contribution >= 0.6 is 0 Å². The SMILES string of the molecule is C=CCc1cc(/C=C(/C#N)C(=O)NCc2ccc(OC)cc2)cc(OC)c1OCc1cccc2ccccc12. The summed E-state index contributed by atoms with van der Waals surface area (Å²) in [6.45, 7) is 4.52. The number of hydrogen-bond acceptors (Lipinski definition) is 5. The van der Waals surface area contributed by atoms with Gasteiger partial charge in [0.15, 0.2) is 11.5 Å². The van der Waals surface area contributed by atoms with Gasteiger partial charge in [0.25, 0.3) is 5.91 Å². The zero-order valence-corrected chi connectivity index (χ0v) is 22.1. The van der Waals surface area contributed by atoms with E-state index in [1.807, 2.05) is 60.7 Å². The van der Waals surface area contributed by atoms with Crippen LogP contribution in [-0.4, -0.2) is 20.1 Å². The van der Waals surface area contributed by atoms with Gasteiger partial charge in [-0.1, -0.05) is 60.7 Å². The number of amides is 1. The third-order valence-corrected chi connectivity index (χ3v) is 6.28. The second-order valence-corrected chi connectivity index (χ2v) is 8.83. The lowest BCUT2D eigenvalue weighted by molar-refractivity contribution is -0.117. The summed E-state index contributed by atoms with van der Waals surface area (Å²) >= 11 is 0. The third kappa shape index (κ3) is 6.65. The third-order valence-electron chi connectivity index (χ3n) is 6.28. The molecule has 0 bridgehead atoms. The number of nitrogens with one attached hydrogen (secondary N) is 1. The molecule has 39 heavy (non-hydrogen) atoms. The van der Waals surface area contributed by atoms with Crippen LogP contribution in [0.2, 0.25) is 0 Å². The number of benzene rings is 4. The predicted molar refractivity (Wildman–Crippen MR) is 154 cm³/mol. The number of methoxy groups -OCH3 is 2. The summed E-state index contributed by atoms with van der Waals surface area (Å²) in [7, 11) is 3.16. The lowest BCUT2D eigenvalue weighted by atomic mass is 10.0. The van der Waals surface area contributed by atoms with E-state index in [1.54, 1.807) is 32.4 Å². The first-order valence-electron chi connectivity index (χ1n) is 12.5. The number of ether oxygens (including phenoxy) is 3. The highest BCUT2D eigenvalue weighted by atomic mass is 16.5. The molecule has 0 heterocycles. The van der Waals surface area contributed by atoms with E-state index in [-0.39, 0.29) is 12.1 Å². The first-order valence-corrected chi connectivity index (χ1v) is 12.5. The maximum atomic E-state index is 12.8. The van der Waals surface area contributed by atoms with Crippen LogP contribution in [0.15, 0.2) is 97.1 Å². The lowest BCUT2D eigenvalue weighted by Gasteiger charge is -2.17. The van der Waals surface area contributed by atoms with Gasteiger partial charge in [-0.15, -0.1) is 6.58 Å². The molecule has 0 aliphatic rings. The maximum Gasteiger partial charge on any atom is 0.262 e. The fourth-order valence-corrected chi connectivity index (χ4v) is 4.29. The molecule has 0 radical (unpaired) electrons. The highest BCUT2D eigenvalue weighted by molar-refractivity contribution is 6.01. The van der Waals surface area contributed by atoms with Gasteiger partial charge in [0.1, 0.15) is 24.0 Å². The van der Waals surface area contributed by atoms with Gasteiger partial charge in [0, 0.05) is 12.1 Å². The molecule has 0 atom stereocenters. The van der Waals surface area contributed by atoms with E-state index >= 15 is 0 Å². The van der Waals surface area contributed by atoms with Crippen LogP contribution in [-0.2, 0) is 24.4 Å². The minimum atomic E-state index is -0.464. The number of carbonyl (C=O) groups is 1. The quantitative estimate of drug-likeness (QED) is 0.141. The largest absolute Gasteiger partial charge is 0.497 e. The van der Waals surface area contributed by atoms with Crippen molar-refractivity contribution in [2.45, 2.75) is 19.6 Å². The van der Waals surface area contributed by atoms with Crippen LogP contribution in [0.5, 0.6) is 17.2 Å². The summed E-state index contributed by atoms with van der Waals surface area (Å²) in [5, 5.41) is 14.8. The first kappa shape index (κ1) is 27.0. The first-order chi connectivity index (χ1) is 19.1. The molecule has 0 aliphatic carbocycles. The van der Waals surface area contributed by atoms with Crippen LogP contribution in [0.25, 0.3) is 16.8 Å². The molecule has 4 aromatic rings. The van der Waals surface area contributed by atoms with Crippen LogP contribution in [0.4, 0.5) is 0 Å². The molecule has 196 valence electrons. The number of nitrogens with zero attached hydrogens (tertiary/aromatic N) is 1. The van der Waals surface area contributed by atoms with Gasteiger partial charge in [0.2, 0.25) is 0 Å². The number of carbonyl (C=O) groups excluding carboxylic acids is 1. The number of hydrogen-bond donors (Lipinski definition) is 1. The van der Waals surface area contributed by atoms with Gasteiger partial charge in [-0.2, -0.15) is 5.26 Å². The topological polar surface area (TPSA) is 80.6 Å². The minimum absolute atomic E-state index is 0.0143. The van der Waals surface area contributed by atoms with Crippen LogP contribution < -0.4 is 19.5 Å². The Morgan fingerprint density at radius 1 is 0.974 bits per heavy atom. The summed E-state index contributed by atoms with van der Waals surface area (Å²) in [4.78, 5) is 12.8. The van der Waals surface area contributed by atoms with E-state index in [9.17, 15) is 10.1 Å². The van der Waals surface area contributed by atoms with Gasteiger partial charge in [-0.25, -0.2) is 0 Å².